The third-order valence-corrected chi connectivity index (χ3v) is 2.30. The number of anilines is 1. The fraction of sp³-hybridized carbons (Fsp3) is 0.545. The minimum atomic E-state index is 0.436. The molecule has 15 heavy (non-hydrogen) atoms. The van der Waals surface area contributed by atoms with Crippen LogP contribution < -0.4 is 10.6 Å². The van der Waals surface area contributed by atoms with Gasteiger partial charge in [0.2, 0.25) is 0 Å². The Balaban J connectivity index is 2.71. The van der Waals surface area contributed by atoms with Crippen molar-refractivity contribution in [3.05, 3.63) is 22.8 Å². The molecular weight excluding hydrogens is 210 g/mol. The van der Waals surface area contributed by atoms with Crippen molar-refractivity contribution in [3.8, 4) is 0 Å². The summed E-state index contributed by atoms with van der Waals surface area (Å²) in [6.07, 6.45) is 0. The normalized spacial score (nSPS) is 10.7. The second-order valence-electron chi connectivity index (χ2n) is 3.69. The molecule has 2 N–H and O–H groups in total. The molecule has 0 radical (unpaired) electrons. The van der Waals surface area contributed by atoms with E-state index in [1.54, 1.807) is 0 Å². The van der Waals surface area contributed by atoms with Gasteiger partial charge in [0, 0.05) is 19.1 Å². The van der Waals surface area contributed by atoms with Crippen LogP contribution in [0.1, 0.15) is 26.5 Å². The first-order chi connectivity index (χ1) is 7.13. The third kappa shape index (κ3) is 4.06. The Hall–Kier alpha value is -0.800. The van der Waals surface area contributed by atoms with Crippen molar-refractivity contribution in [2.45, 2.75) is 33.4 Å². The second kappa shape index (κ2) is 5.93. The monoisotopic (exact) mass is 227 g/mol. The van der Waals surface area contributed by atoms with Gasteiger partial charge in [-0.1, -0.05) is 25.4 Å². The molecule has 0 saturated heterocycles. The Morgan fingerprint density at radius 1 is 1.40 bits per heavy atom. The average Bonchev–Trinajstić information content (AvgIpc) is 2.19. The Morgan fingerprint density at radius 3 is 2.73 bits per heavy atom. The number of hydrogen-bond donors (Lipinski definition) is 2. The number of halogens is 1. The highest BCUT2D eigenvalue weighted by molar-refractivity contribution is 6.31. The van der Waals surface area contributed by atoms with E-state index in [0.717, 1.165) is 18.1 Å². The number of nitrogens with zero attached hydrogens (tertiary/aromatic N) is 1. The summed E-state index contributed by atoms with van der Waals surface area (Å²) < 4.78 is 0. The van der Waals surface area contributed by atoms with E-state index in [0.29, 0.717) is 17.6 Å². The van der Waals surface area contributed by atoms with Crippen LogP contribution in [0.15, 0.2) is 12.1 Å². The average molecular weight is 228 g/mol. The summed E-state index contributed by atoms with van der Waals surface area (Å²) in [6.45, 7) is 7.81. The maximum Gasteiger partial charge on any atom is 0.126 e. The largest absolute Gasteiger partial charge is 0.370 e. The molecule has 0 atom stereocenters. The Labute approximate surface area is 96.2 Å². The molecule has 3 nitrogen and oxygen atoms in total. The molecule has 84 valence electrons. The lowest BCUT2D eigenvalue weighted by Gasteiger charge is -2.10. The zero-order valence-corrected chi connectivity index (χ0v) is 10.2. The van der Waals surface area contributed by atoms with Crippen LogP contribution in [-0.2, 0) is 6.54 Å². The highest BCUT2D eigenvalue weighted by atomic mass is 35.5. The molecular formula is C11H18ClN3. The van der Waals surface area contributed by atoms with E-state index in [9.17, 15) is 0 Å². The third-order valence-electron chi connectivity index (χ3n) is 1.95. The van der Waals surface area contributed by atoms with Gasteiger partial charge in [-0.3, -0.25) is 0 Å². The topological polar surface area (TPSA) is 37.0 Å². The predicted octanol–water partition coefficient (Wildman–Crippen LogP) is 2.66. The van der Waals surface area contributed by atoms with Crippen LogP contribution in [0, 0.1) is 0 Å². The van der Waals surface area contributed by atoms with Gasteiger partial charge in [0.25, 0.3) is 0 Å². The molecule has 0 aliphatic carbocycles. The van der Waals surface area contributed by atoms with E-state index in [4.69, 9.17) is 11.6 Å². The number of pyridine rings is 1. The van der Waals surface area contributed by atoms with E-state index in [1.807, 2.05) is 19.1 Å². The Bertz CT molecular complexity index is 313. The van der Waals surface area contributed by atoms with E-state index in [1.165, 1.54) is 0 Å². The van der Waals surface area contributed by atoms with Crippen LogP contribution in [-0.4, -0.2) is 17.6 Å². The molecule has 1 heterocycles. The van der Waals surface area contributed by atoms with Gasteiger partial charge in [-0.25, -0.2) is 4.98 Å². The van der Waals surface area contributed by atoms with Gasteiger partial charge >= 0.3 is 0 Å². The van der Waals surface area contributed by atoms with Gasteiger partial charge in [-0.05, 0) is 19.1 Å². The highest BCUT2D eigenvalue weighted by Crippen LogP contribution is 2.16. The summed E-state index contributed by atoms with van der Waals surface area (Å²) >= 11 is 6.05. The lowest BCUT2D eigenvalue weighted by Crippen LogP contribution is -2.22. The lowest BCUT2D eigenvalue weighted by atomic mass is 10.3. The summed E-state index contributed by atoms with van der Waals surface area (Å²) in [6, 6.07) is 4.21. The summed E-state index contributed by atoms with van der Waals surface area (Å²) in [4.78, 5) is 4.43. The van der Waals surface area contributed by atoms with Crippen LogP contribution in [0.25, 0.3) is 0 Å². The molecule has 0 saturated carbocycles. The summed E-state index contributed by atoms with van der Waals surface area (Å²) in [5.41, 5.74) is 0.892. The van der Waals surface area contributed by atoms with Crippen molar-refractivity contribution in [2.75, 3.05) is 11.9 Å². The number of nitrogens with one attached hydrogen (secondary N) is 2. The van der Waals surface area contributed by atoms with Crippen LogP contribution in [0.5, 0.6) is 0 Å². The van der Waals surface area contributed by atoms with Gasteiger partial charge in [0.15, 0.2) is 0 Å². The van der Waals surface area contributed by atoms with Gasteiger partial charge < -0.3 is 10.6 Å². The molecule has 0 spiro atoms. The molecule has 4 heteroatoms. The molecule has 0 bridgehead atoms. The van der Waals surface area contributed by atoms with Crippen molar-refractivity contribution in [1.29, 1.82) is 0 Å². The number of rotatable bonds is 5. The molecule has 0 unspecified atom stereocenters. The van der Waals surface area contributed by atoms with Crippen molar-refractivity contribution >= 4 is 17.4 Å². The smallest absolute Gasteiger partial charge is 0.126 e. The summed E-state index contributed by atoms with van der Waals surface area (Å²) in [5, 5.41) is 7.18. The number of hydrogen-bond acceptors (Lipinski definition) is 3. The fourth-order valence-corrected chi connectivity index (χ4v) is 1.36. The SMILES string of the molecule is CCNc1ccc(Cl)c(CNC(C)C)n1. The van der Waals surface area contributed by atoms with E-state index >= 15 is 0 Å². The Morgan fingerprint density at radius 2 is 2.13 bits per heavy atom. The van der Waals surface area contributed by atoms with Crippen LogP contribution >= 0.6 is 11.6 Å². The van der Waals surface area contributed by atoms with E-state index < -0.39 is 0 Å². The van der Waals surface area contributed by atoms with Crippen molar-refractivity contribution in [1.82, 2.24) is 10.3 Å². The van der Waals surface area contributed by atoms with Crippen LogP contribution in [0.3, 0.4) is 0 Å². The van der Waals surface area contributed by atoms with Crippen LogP contribution in [0.2, 0.25) is 5.02 Å². The van der Waals surface area contributed by atoms with Gasteiger partial charge in [-0.15, -0.1) is 0 Å². The van der Waals surface area contributed by atoms with Crippen molar-refractivity contribution in [3.63, 3.8) is 0 Å². The Kier molecular flexibility index (Phi) is 4.85. The summed E-state index contributed by atoms with van der Waals surface area (Å²) in [5.74, 6) is 0.877. The number of aromatic nitrogens is 1. The maximum atomic E-state index is 6.05. The molecule has 0 amide bonds. The molecule has 0 aliphatic heterocycles. The molecule has 0 aliphatic rings. The zero-order valence-electron chi connectivity index (χ0n) is 9.47. The van der Waals surface area contributed by atoms with Crippen molar-refractivity contribution in [2.24, 2.45) is 0 Å². The lowest BCUT2D eigenvalue weighted by molar-refractivity contribution is 0.582. The second-order valence-corrected chi connectivity index (χ2v) is 4.10. The van der Waals surface area contributed by atoms with E-state index in [2.05, 4.69) is 29.5 Å². The highest BCUT2D eigenvalue weighted by Gasteiger charge is 2.04. The fourth-order valence-electron chi connectivity index (χ4n) is 1.19. The first kappa shape index (κ1) is 12.3. The first-order valence-electron chi connectivity index (χ1n) is 5.26. The molecule has 0 aromatic carbocycles. The predicted molar refractivity (Wildman–Crippen MR) is 65.4 cm³/mol. The standard InChI is InChI=1S/C11H18ClN3/c1-4-13-11-6-5-9(12)10(15-11)7-14-8(2)3/h5-6,8,14H,4,7H2,1-3H3,(H,13,15). The molecule has 1 aromatic rings. The molecule has 1 rings (SSSR count). The summed E-state index contributed by atoms with van der Waals surface area (Å²) in [7, 11) is 0. The minimum Gasteiger partial charge on any atom is -0.370 e. The minimum absolute atomic E-state index is 0.436. The first-order valence-corrected chi connectivity index (χ1v) is 5.64. The van der Waals surface area contributed by atoms with Gasteiger partial charge in [0.05, 0.1) is 10.7 Å². The van der Waals surface area contributed by atoms with E-state index in [-0.39, 0.29) is 0 Å². The quantitative estimate of drug-likeness (QED) is 0.812. The van der Waals surface area contributed by atoms with Crippen molar-refractivity contribution < 1.29 is 0 Å². The maximum absolute atomic E-state index is 6.05. The molecule has 1 aromatic heterocycles. The molecule has 0 fully saturated rings. The van der Waals surface area contributed by atoms with Crippen LogP contribution in [0.4, 0.5) is 5.82 Å². The van der Waals surface area contributed by atoms with Gasteiger partial charge in [0.1, 0.15) is 5.82 Å². The van der Waals surface area contributed by atoms with Gasteiger partial charge in [-0.2, -0.15) is 0 Å². The zero-order chi connectivity index (χ0) is 11.3.